The van der Waals surface area contributed by atoms with E-state index in [1.807, 2.05) is 30.3 Å². The molecule has 0 spiro atoms. The van der Waals surface area contributed by atoms with Crippen LogP contribution in [-0.2, 0) is 4.79 Å². The first-order chi connectivity index (χ1) is 14.0. The van der Waals surface area contributed by atoms with E-state index in [1.165, 1.54) is 16.2 Å². The molecule has 0 radical (unpaired) electrons. The second kappa shape index (κ2) is 8.32. The molecule has 0 aliphatic heterocycles. The maximum Gasteiger partial charge on any atom is 0.264 e. The Hall–Kier alpha value is -2.74. The Kier molecular flexibility index (Phi) is 5.62. The van der Waals surface area contributed by atoms with E-state index in [2.05, 4.69) is 10.3 Å². The molecule has 0 unspecified atom stereocenters. The van der Waals surface area contributed by atoms with Crippen LogP contribution in [0, 0.1) is 0 Å². The minimum atomic E-state index is -0.286. The van der Waals surface area contributed by atoms with Crippen LogP contribution in [0.15, 0.2) is 60.7 Å². The van der Waals surface area contributed by atoms with E-state index in [1.54, 1.807) is 48.7 Å². The predicted octanol–water partition coefficient (Wildman–Crippen LogP) is 5.39. The average molecular weight is 442 g/mol. The average Bonchev–Trinajstić information content (AvgIpc) is 3.34. The number of hydrogen-bond donors (Lipinski definition) is 1. The summed E-state index contributed by atoms with van der Waals surface area (Å²) in [6, 6.07) is 18.5. The van der Waals surface area contributed by atoms with Crippen molar-refractivity contribution in [2.75, 3.05) is 18.9 Å². The number of amides is 2. The lowest BCUT2D eigenvalue weighted by molar-refractivity contribution is -0.116. The van der Waals surface area contributed by atoms with E-state index in [0.717, 1.165) is 20.1 Å². The van der Waals surface area contributed by atoms with Gasteiger partial charge in [0.05, 0.1) is 26.5 Å². The summed E-state index contributed by atoms with van der Waals surface area (Å²) in [6.45, 7) is -0.0558. The molecule has 0 saturated carbocycles. The lowest BCUT2D eigenvalue weighted by Gasteiger charge is -2.16. The number of para-hydroxylation sites is 1. The Bertz CT molecular complexity index is 1170. The number of thiazole rings is 1. The van der Waals surface area contributed by atoms with Crippen LogP contribution in [0.3, 0.4) is 0 Å². The van der Waals surface area contributed by atoms with Gasteiger partial charge in [0.1, 0.15) is 5.01 Å². The number of carbonyl (C=O) groups excluding carboxylic acids is 2. The third-order valence-electron chi connectivity index (χ3n) is 4.16. The lowest BCUT2D eigenvalue weighted by atomic mass is 10.3. The first-order valence-corrected chi connectivity index (χ1v) is 10.8. The van der Waals surface area contributed by atoms with Crippen LogP contribution in [-0.4, -0.2) is 35.3 Å². The summed E-state index contributed by atoms with van der Waals surface area (Å²) in [6.07, 6.45) is 0. The number of hydrogen-bond acceptors (Lipinski definition) is 5. The molecule has 29 heavy (non-hydrogen) atoms. The molecule has 146 valence electrons. The fraction of sp³-hybridized carbons (Fsp3) is 0.0952. The van der Waals surface area contributed by atoms with Crippen LogP contribution in [0.4, 0.5) is 5.69 Å². The van der Waals surface area contributed by atoms with E-state index < -0.39 is 0 Å². The van der Waals surface area contributed by atoms with Crippen LogP contribution in [0.2, 0.25) is 5.02 Å². The third-order valence-corrected chi connectivity index (χ3v) is 6.67. The Morgan fingerprint density at radius 3 is 2.69 bits per heavy atom. The van der Waals surface area contributed by atoms with Crippen molar-refractivity contribution in [3.05, 3.63) is 70.6 Å². The zero-order valence-electron chi connectivity index (χ0n) is 15.4. The van der Waals surface area contributed by atoms with Crippen LogP contribution in [0.5, 0.6) is 0 Å². The Morgan fingerprint density at radius 2 is 1.90 bits per heavy atom. The molecule has 2 heterocycles. The van der Waals surface area contributed by atoms with Crippen molar-refractivity contribution in [2.45, 2.75) is 0 Å². The summed E-state index contributed by atoms with van der Waals surface area (Å²) in [7, 11) is 1.61. The molecular formula is C21H16ClN3O2S2. The maximum atomic E-state index is 12.7. The van der Waals surface area contributed by atoms with Gasteiger partial charge < -0.3 is 10.2 Å². The number of nitrogens with one attached hydrogen (secondary N) is 1. The largest absolute Gasteiger partial charge is 0.332 e. The number of fused-ring (bicyclic) bond motifs is 1. The number of likely N-dealkylation sites (N-methyl/N-ethyl adjacent to an activating group) is 1. The molecule has 4 rings (SSSR count). The van der Waals surface area contributed by atoms with Crippen LogP contribution >= 0.6 is 34.3 Å². The smallest absolute Gasteiger partial charge is 0.264 e. The van der Waals surface area contributed by atoms with Gasteiger partial charge in [-0.05, 0) is 42.5 Å². The molecule has 0 fully saturated rings. The molecule has 8 heteroatoms. The molecular weight excluding hydrogens is 426 g/mol. The van der Waals surface area contributed by atoms with E-state index in [9.17, 15) is 9.59 Å². The molecule has 0 bridgehead atoms. The third kappa shape index (κ3) is 4.48. The highest BCUT2D eigenvalue weighted by atomic mass is 35.5. The number of anilines is 1. The highest BCUT2D eigenvalue weighted by Crippen LogP contribution is 2.34. The predicted molar refractivity (Wildman–Crippen MR) is 120 cm³/mol. The molecule has 2 aromatic carbocycles. The molecule has 1 N–H and O–H groups in total. The molecule has 5 nitrogen and oxygen atoms in total. The zero-order chi connectivity index (χ0) is 20.4. The summed E-state index contributed by atoms with van der Waals surface area (Å²) in [5, 5.41) is 4.16. The molecule has 2 amide bonds. The van der Waals surface area contributed by atoms with Crippen molar-refractivity contribution in [1.82, 2.24) is 9.88 Å². The highest BCUT2D eigenvalue weighted by Gasteiger charge is 2.18. The van der Waals surface area contributed by atoms with Crippen molar-refractivity contribution in [2.24, 2.45) is 0 Å². The normalized spacial score (nSPS) is 10.8. The van der Waals surface area contributed by atoms with Gasteiger partial charge >= 0.3 is 0 Å². The summed E-state index contributed by atoms with van der Waals surface area (Å²) in [4.78, 5) is 32.5. The number of thiophene rings is 1. The summed E-state index contributed by atoms with van der Waals surface area (Å²) < 4.78 is 1.11. The van der Waals surface area contributed by atoms with Gasteiger partial charge in [0.2, 0.25) is 5.91 Å². The van der Waals surface area contributed by atoms with Gasteiger partial charge in [-0.15, -0.1) is 22.7 Å². The van der Waals surface area contributed by atoms with Crippen molar-refractivity contribution < 1.29 is 9.59 Å². The number of benzene rings is 2. The fourth-order valence-electron chi connectivity index (χ4n) is 2.79. The second-order valence-corrected chi connectivity index (χ2v) is 8.92. The summed E-state index contributed by atoms with van der Waals surface area (Å²) in [5.74, 6) is -0.491. The minimum Gasteiger partial charge on any atom is -0.332 e. The number of rotatable bonds is 5. The monoisotopic (exact) mass is 441 g/mol. The van der Waals surface area contributed by atoms with Crippen LogP contribution in [0.25, 0.3) is 20.1 Å². The Morgan fingerprint density at radius 1 is 1.07 bits per heavy atom. The standard InChI is InChI=1S/C21H16ClN3O2S2/c1-25(12-19(26)23-14-6-4-5-13(22)11-14)21(27)18-10-9-17(28-18)20-24-15-7-2-3-8-16(15)29-20/h2-11H,12H2,1H3,(H,23,26). The molecule has 0 saturated heterocycles. The van der Waals surface area contributed by atoms with E-state index in [0.29, 0.717) is 15.6 Å². The summed E-state index contributed by atoms with van der Waals surface area (Å²) >= 11 is 8.90. The summed E-state index contributed by atoms with van der Waals surface area (Å²) in [5.41, 5.74) is 1.54. The molecule has 0 aliphatic rings. The van der Waals surface area contributed by atoms with Crippen LogP contribution < -0.4 is 5.32 Å². The number of aromatic nitrogens is 1. The van der Waals surface area contributed by atoms with E-state index in [4.69, 9.17) is 11.6 Å². The zero-order valence-corrected chi connectivity index (χ0v) is 17.8. The maximum absolute atomic E-state index is 12.7. The van der Waals surface area contributed by atoms with Gasteiger partial charge in [-0.3, -0.25) is 9.59 Å². The van der Waals surface area contributed by atoms with Crippen molar-refractivity contribution >= 4 is 62.0 Å². The Balaban J connectivity index is 1.43. The molecule has 0 aliphatic carbocycles. The SMILES string of the molecule is CN(CC(=O)Nc1cccc(Cl)c1)C(=O)c1ccc(-c2nc3ccccc3s2)s1. The van der Waals surface area contributed by atoms with Gasteiger partial charge in [-0.2, -0.15) is 0 Å². The van der Waals surface area contributed by atoms with Gasteiger partial charge in [-0.1, -0.05) is 29.8 Å². The first kappa shape index (κ1) is 19.6. The van der Waals surface area contributed by atoms with E-state index in [-0.39, 0.29) is 18.4 Å². The lowest BCUT2D eigenvalue weighted by Crippen LogP contribution is -2.34. The highest BCUT2D eigenvalue weighted by molar-refractivity contribution is 7.26. The van der Waals surface area contributed by atoms with Crippen LogP contribution in [0.1, 0.15) is 9.67 Å². The van der Waals surface area contributed by atoms with Crippen molar-refractivity contribution in [3.8, 4) is 9.88 Å². The van der Waals surface area contributed by atoms with E-state index >= 15 is 0 Å². The topological polar surface area (TPSA) is 62.3 Å². The second-order valence-electron chi connectivity index (χ2n) is 6.37. The fourth-order valence-corrected chi connectivity index (χ4v) is 5.00. The molecule has 4 aromatic rings. The van der Waals surface area contributed by atoms with Gasteiger partial charge in [0.25, 0.3) is 5.91 Å². The first-order valence-electron chi connectivity index (χ1n) is 8.76. The van der Waals surface area contributed by atoms with Gasteiger partial charge in [-0.25, -0.2) is 4.98 Å². The van der Waals surface area contributed by atoms with Gasteiger partial charge in [0, 0.05) is 17.8 Å². The molecule has 2 aromatic heterocycles. The minimum absolute atomic E-state index is 0.0558. The van der Waals surface area contributed by atoms with Crippen molar-refractivity contribution in [1.29, 1.82) is 0 Å². The number of carbonyl (C=O) groups is 2. The number of nitrogens with zero attached hydrogens (tertiary/aromatic N) is 2. The van der Waals surface area contributed by atoms with Crippen molar-refractivity contribution in [3.63, 3.8) is 0 Å². The Labute approximate surface area is 180 Å². The quantitative estimate of drug-likeness (QED) is 0.451. The number of halogens is 1. The van der Waals surface area contributed by atoms with Gasteiger partial charge in [0.15, 0.2) is 0 Å². The molecule has 0 atom stereocenters.